The molecule has 0 radical (unpaired) electrons. The topological polar surface area (TPSA) is 26.0 Å². The lowest BCUT2D eigenvalue weighted by molar-refractivity contribution is 1.15. The van der Waals surface area contributed by atoms with Gasteiger partial charge in [-0.15, -0.1) is 0 Å². The minimum atomic E-state index is 0.568. The summed E-state index contributed by atoms with van der Waals surface area (Å²) in [5.41, 5.74) is 7.69. The molecule has 2 heteroatoms. The molecule has 1 nitrogen and oxygen atoms in total. The average Bonchev–Trinajstić information content (AvgIpc) is 1.88. The van der Waals surface area contributed by atoms with Gasteiger partial charge in [-0.05, 0) is 24.6 Å². The predicted octanol–water partition coefficient (Wildman–Crippen LogP) is 2.76. The van der Waals surface area contributed by atoms with Gasteiger partial charge in [0, 0.05) is 9.61 Å². The lowest BCUT2D eigenvalue weighted by Crippen LogP contribution is -1.86. The number of halogens is 1. The van der Waals surface area contributed by atoms with Gasteiger partial charge in [-0.1, -0.05) is 34.7 Å². The first kappa shape index (κ1) is 7.85. The van der Waals surface area contributed by atoms with Crippen LogP contribution in [-0.4, -0.2) is 0 Å². The van der Waals surface area contributed by atoms with E-state index in [1.54, 1.807) is 0 Å². The molecule has 0 spiro atoms. The Morgan fingerprint density at radius 1 is 1.30 bits per heavy atom. The Balaban J connectivity index is 2.89. The van der Waals surface area contributed by atoms with Gasteiger partial charge in [0.1, 0.15) is 0 Å². The summed E-state index contributed by atoms with van der Waals surface area (Å²) < 4.78 is 0.568. The Hall–Kier alpha value is -0.250. The SMILES string of the molecule is CC(I)c1ccc(N)cc1. The van der Waals surface area contributed by atoms with Crippen molar-refractivity contribution in [2.24, 2.45) is 0 Å². The molecule has 0 aliphatic carbocycles. The van der Waals surface area contributed by atoms with Crippen LogP contribution in [0.15, 0.2) is 24.3 Å². The fraction of sp³-hybridized carbons (Fsp3) is 0.250. The molecule has 0 amide bonds. The summed E-state index contributed by atoms with van der Waals surface area (Å²) >= 11 is 2.38. The number of rotatable bonds is 1. The van der Waals surface area contributed by atoms with E-state index in [-0.39, 0.29) is 0 Å². The van der Waals surface area contributed by atoms with Crippen LogP contribution in [0.1, 0.15) is 16.4 Å². The largest absolute Gasteiger partial charge is 0.399 e. The smallest absolute Gasteiger partial charge is 0.0331 e. The van der Waals surface area contributed by atoms with Crippen molar-refractivity contribution in [1.82, 2.24) is 0 Å². The maximum atomic E-state index is 5.52. The van der Waals surface area contributed by atoms with Crippen LogP contribution in [0.25, 0.3) is 0 Å². The van der Waals surface area contributed by atoms with E-state index in [0.717, 1.165) is 5.69 Å². The average molecular weight is 247 g/mol. The molecule has 1 aromatic carbocycles. The van der Waals surface area contributed by atoms with Gasteiger partial charge in [-0.25, -0.2) is 0 Å². The summed E-state index contributed by atoms with van der Waals surface area (Å²) in [5.74, 6) is 0. The third kappa shape index (κ3) is 1.87. The Morgan fingerprint density at radius 2 is 1.80 bits per heavy atom. The molecule has 0 saturated carbocycles. The van der Waals surface area contributed by atoms with Gasteiger partial charge < -0.3 is 5.73 Å². The molecule has 0 aliphatic rings. The Kier molecular flexibility index (Phi) is 2.54. The summed E-state index contributed by atoms with van der Waals surface area (Å²) in [4.78, 5) is 0. The van der Waals surface area contributed by atoms with Crippen molar-refractivity contribution in [3.8, 4) is 0 Å². The maximum absolute atomic E-state index is 5.52. The first-order valence-electron chi connectivity index (χ1n) is 3.19. The van der Waals surface area contributed by atoms with Gasteiger partial charge in [0.2, 0.25) is 0 Å². The second-order valence-corrected chi connectivity index (χ2v) is 4.15. The van der Waals surface area contributed by atoms with Gasteiger partial charge in [0.15, 0.2) is 0 Å². The third-order valence-electron chi connectivity index (χ3n) is 1.40. The van der Waals surface area contributed by atoms with Gasteiger partial charge >= 0.3 is 0 Å². The number of alkyl halides is 1. The summed E-state index contributed by atoms with van der Waals surface area (Å²) in [5, 5.41) is 0. The normalized spacial score (nSPS) is 13.0. The van der Waals surface area contributed by atoms with Gasteiger partial charge in [0.05, 0.1) is 0 Å². The van der Waals surface area contributed by atoms with Gasteiger partial charge in [-0.3, -0.25) is 0 Å². The van der Waals surface area contributed by atoms with E-state index in [1.165, 1.54) is 5.56 Å². The molecule has 0 heterocycles. The number of hydrogen-bond acceptors (Lipinski definition) is 1. The Bertz CT molecular complexity index is 203. The Labute approximate surface area is 74.8 Å². The molecule has 10 heavy (non-hydrogen) atoms. The lowest BCUT2D eigenvalue weighted by Gasteiger charge is -2.02. The number of nitrogen functional groups attached to an aromatic ring is 1. The molecule has 0 aliphatic heterocycles. The van der Waals surface area contributed by atoms with Crippen LogP contribution >= 0.6 is 22.6 Å². The summed E-state index contributed by atoms with van der Waals surface area (Å²) in [6.07, 6.45) is 0. The Morgan fingerprint density at radius 3 is 2.20 bits per heavy atom. The van der Waals surface area contributed by atoms with Crippen molar-refractivity contribution in [2.45, 2.75) is 10.8 Å². The monoisotopic (exact) mass is 247 g/mol. The minimum Gasteiger partial charge on any atom is -0.399 e. The van der Waals surface area contributed by atoms with E-state index in [0.29, 0.717) is 3.92 Å². The highest BCUT2D eigenvalue weighted by Gasteiger charge is 1.97. The molecule has 1 rings (SSSR count). The van der Waals surface area contributed by atoms with E-state index in [4.69, 9.17) is 5.73 Å². The molecule has 1 aromatic rings. The summed E-state index contributed by atoms with van der Waals surface area (Å²) in [6.45, 7) is 2.16. The zero-order chi connectivity index (χ0) is 7.56. The van der Waals surface area contributed by atoms with E-state index in [1.807, 2.05) is 12.1 Å². The van der Waals surface area contributed by atoms with Crippen molar-refractivity contribution < 1.29 is 0 Å². The molecule has 0 aromatic heterocycles. The number of hydrogen-bond donors (Lipinski definition) is 1. The first-order chi connectivity index (χ1) is 4.70. The van der Waals surface area contributed by atoms with Crippen LogP contribution in [0.2, 0.25) is 0 Å². The second kappa shape index (κ2) is 3.23. The minimum absolute atomic E-state index is 0.568. The van der Waals surface area contributed by atoms with Crippen LogP contribution in [-0.2, 0) is 0 Å². The molecule has 1 unspecified atom stereocenters. The van der Waals surface area contributed by atoms with Crippen molar-refractivity contribution in [3.05, 3.63) is 29.8 Å². The fourth-order valence-corrected chi connectivity index (χ4v) is 1.18. The van der Waals surface area contributed by atoms with E-state index < -0.39 is 0 Å². The van der Waals surface area contributed by atoms with E-state index in [2.05, 4.69) is 41.6 Å². The second-order valence-electron chi connectivity index (χ2n) is 2.28. The molecular weight excluding hydrogens is 237 g/mol. The fourth-order valence-electron chi connectivity index (χ4n) is 0.761. The molecule has 0 fully saturated rings. The van der Waals surface area contributed by atoms with Crippen molar-refractivity contribution in [1.29, 1.82) is 0 Å². The van der Waals surface area contributed by atoms with E-state index in [9.17, 15) is 0 Å². The lowest BCUT2D eigenvalue weighted by atomic mass is 10.2. The molecule has 0 bridgehead atoms. The molecule has 0 saturated heterocycles. The molecular formula is C8H10IN. The quantitative estimate of drug-likeness (QED) is 0.461. The third-order valence-corrected chi connectivity index (χ3v) is 2.11. The zero-order valence-corrected chi connectivity index (χ0v) is 8.00. The van der Waals surface area contributed by atoms with E-state index >= 15 is 0 Å². The maximum Gasteiger partial charge on any atom is 0.0331 e. The highest BCUT2D eigenvalue weighted by Crippen LogP contribution is 2.22. The standard InChI is InChI=1S/C8H10IN/c1-6(9)7-2-4-8(10)5-3-7/h2-6H,10H2,1H3. The van der Waals surface area contributed by atoms with Crippen LogP contribution in [0, 0.1) is 0 Å². The molecule has 2 N–H and O–H groups in total. The van der Waals surface area contributed by atoms with Crippen LogP contribution in [0.5, 0.6) is 0 Å². The van der Waals surface area contributed by atoms with Crippen molar-refractivity contribution >= 4 is 28.3 Å². The van der Waals surface area contributed by atoms with Crippen molar-refractivity contribution in [3.63, 3.8) is 0 Å². The van der Waals surface area contributed by atoms with Gasteiger partial charge in [0.25, 0.3) is 0 Å². The van der Waals surface area contributed by atoms with Gasteiger partial charge in [-0.2, -0.15) is 0 Å². The zero-order valence-electron chi connectivity index (χ0n) is 5.84. The number of nitrogens with two attached hydrogens (primary N) is 1. The predicted molar refractivity (Wildman–Crippen MR) is 53.3 cm³/mol. The van der Waals surface area contributed by atoms with Crippen LogP contribution < -0.4 is 5.73 Å². The summed E-state index contributed by atoms with van der Waals surface area (Å²) in [7, 11) is 0. The highest BCUT2D eigenvalue weighted by atomic mass is 127. The van der Waals surface area contributed by atoms with Crippen LogP contribution in [0.4, 0.5) is 5.69 Å². The molecule has 1 atom stereocenters. The highest BCUT2D eigenvalue weighted by molar-refractivity contribution is 14.1. The molecule has 54 valence electrons. The van der Waals surface area contributed by atoms with Crippen LogP contribution in [0.3, 0.4) is 0 Å². The summed E-state index contributed by atoms with van der Waals surface area (Å²) in [6, 6.07) is 7.99. The van der Waals surface area contributed by atoms with Crippen molar-refractivity contribution in [2.75, 3.05) is 5.73 Å². The number of benzene rings is 1. The number of anilines is 1. The first-order valence-corrected chi connectivity index (χ1v) is 4.44.